The van der Waals surface area contributed by atoms with Crippen LogP contribution in [0, 0.1) is 0 Å². The van der Waals surface area contributed by atoms with Crippen LogP contribution in [0.5, 0.6) is 0 Å². The van der Waals surface area contributed by atoms with Crippen molar-refractivity contribution in [2.75, 3.05) is 32.7 Å². The molecule has 2 fully saturated rings. The quantitative estimate of drug-likeness (QED) is 0.858. The first kappa shape index (κ1) is 14.3. The summed E-state index contributed by atoms with van der Waals surface area (Å²) in [5.41, 5.74) is 1.37. The van der Waals surface area contributed by atoms with Crippen LogP contribution in [-0.2, 0) is 6.54 Å². The van der Waals surface area contributed by atoms with Crippen molar-refractivity contribution >= 4 is 10.9 Å². The second kappa shape index (κ2) is 6.43. The molecule has 2 aliphatic heterocycles. The van der Waals surface area contributed by atoms with Crippen LogP contribution < -0.4 is 0 Å². The third kappa shape index (κ3) is 2.92. The smallest absolute Gasteiger partial charge is 0.0480 e. The molecule has 1 aromatic carbocycles. The molecule has 2 saturated heterocycles. The number of piperidine rings is 1. The van der Waals surface area contributed by atoms with Crippen molar-refractivity contribution in [1.29, 1.82) is 0 Å². The zero-order valence-electron chi connectivity index (χ0n) is 13.5. The van der Waals surface area contributed by atoms with Crippen molar-refractivity contribution in [3.8, 4) is 0 Å². The highest BCUT2D eigenvalue weighted by Gasteiger charge is 2.28. The molecule has 1 unspecified atom stereocenters. The van der Waals surface area contributed by atoms with Gasteiger partial charge in [0.25, 0.3) is 0 Å². The van der Waals surface area contributed by atoms with Crippen LogP contribution in [0.25, 0.3) is 10.9 Å². The van der Waals surface area contributed by atoms with E-state index in [1.54, 1.807) is 0 Å². The Labute approximate surface area is 133 Å². The standard InChI is InChI=1S/C19H27N3/c1-2-8-19-17(6-1)9-13-22(19)12-5-10-20-14-15-21-11-4-3-7-18(21)16-20/h1-2,6,8-9,13,18H,3-5,7,10-12,14-16H2. The van der Waals surface area contributed by atoms with E-state index in [-0.39, 0.29) is 0 Å². The Morgan fingerprint density at radius 1 is 0.955 bits per heavy atom. The van der Waals surface area contributed by atoms with Crippen molar-refractivity contribution in [2.24, 2.45) is 0 Å². The van der Waals surface area contributed by atoms with Gasteiger partial charge in [-0.05, 0) is 49.9 Å². The number of piperazine rings is 1. The van der Waals surface area contributed by atoms with Gasteiger partial charge < -0.3 is 9.47 Å². The average molecular weight is 297 g/mol. The van der Waals surface area contributed by atoms with E-state index in [1.807, 2.05) is 0 Å². The Hall–Kier alpha value is -1.32. The molecule has 1 aromatic heterocycles. The first-order valence-electron chi connectivity index (χ1n) is 8.90. The van der Waals surface area contributed by atoms with Gasteiger partial charge in [0.05, 0.1) is 0 Å². The van der Waals surface area contributed by atoms with E-state index in [0.717, 1.165) is 12.6 Å². The molecule has 2 aliphatic rings. The van der Waals surface area contributed by atoms with Gasteiger partial charge in [0.15, 0.2) is 0 Å². The Bertz CT molecular complexity index is 618. The number of benzene rings is 1. The molecule has 0 spiro atoms. The van der Waals surface area contributed by atoms with E-state index in [1.165, 1.54) is 69.3 Å². The fraction of sp³-hybridized carbons (Fsp3) is 0.579. The Balaban J connectivity index is 1.30. The molecular formula is C19H27N3. The van der Waals surface area contributed by atoms with Crippen LogP contribution >= 0.6 is 0 Å². The van der Waals surface area contributed by atoms with Crippen LogP contribution in [0.4, 0.5) is 0 Å². The van der Waals surface area contributed by atoms with Crippen molar-refractivity contribution < 1.29 is 0 Å². The van der Waals surface area contributed by atoms with Gasteiger partial charge in [-0.1, -0.05) is 24.6 Å². The highest BCUT2D eigenvalue weighted by molar-refractivity contribution is 5.79. The average Bonchev–Trinajstić information content (AvgIpc) is 2.98. The number of para-hydroxylation sites is 1. The Morgan fingerprint density at radius 3 is 2.91 bits per heavy atom. The van der Waals surface area contributed by atoms with Crippen LogP contribution in [0.3, 0.4) is 0 Å². The largest absolute Gasteiger partial charge is 0.347 e. The molecule has 0 radical (unpaired) electrons. The van der Waals surface area contributed by atoms with Crippen molar-refractivity contribution in [2.45, 2.75) is 38.3 Å². The molecule has 3 nitrogen and oxygen atoms in total. The highest BCUT2D eigenvalue weighted by atomic mass is 15.3. The van der Waals surface area contributed by atoms with Gasteiger partial charge in [-0.25, -0.2) is 0 Å². The maximum atomic E-state index is 2.72. The summed E-state index contributed by atoms with van der Waals surface area (Å²) in [5, 5.41) is 1.36. The van der Waals surface area contributed by atoms with E-state index < -0.39 is 0 Å². The van der Waals surface area contributed by atoms with Gasteiger partial charge in [-0.3, -0.25) is 4.90 Å². The molecule has 0 aliphatic carbocycles. The van der Waals surface area contributed by atoms with E-state index in [2.05, 4.69) is 50.9 Å². The fourth-order valence-electron chi connectivity index (χ4n) is 4.22. The van der Waals surface area contributed by atoms with Crippen LogP contribution in [-0.4, -0.2) is 53.1 Å². The Kier molecular flexibility index (Phi) is 4.17. The molecular weight excluding hydrogens is 270 g/mol. The maximum Gasteiger partial charge on any atom is 0.0480 e. The van der Waals surface area contributed by atoms with E-state index >= 15 is 0 Å². The van der Waals surface area contributed by atoms with Crippen molar-refractivity contribution in [3.63, 3.8) is 0 Å². The topological polar surface area (TPSA) is 11.4 Å². The second-order valence-corrected chi connectivity index (χ2v) is 6.91. The number of nitrogens with zero attached hydrogens (tertiary/aromatic N) is 3. The van der Waals surface area contributed by atoms with Gasteiger partial charge in [-0.15, -0.1) is 0 Å². The molecule has 0 amide bonds. The summed E-state index contributed by atoms with van der Waals surface area (Å²) >= 11 is 0. The first-order valence-corrected chi connectivity index (χ1v) is 8.90. The normalized spacial score (nSPS) is 23.7. The monoisotopic (exact) mass is 297 g/mol. The summed E-state index contributed by atoms with van der Waals surface area (Å²) in [5.74, 6) is 0. The molecule has 3 heteroatoms. The lowest BCUT2D eigenvalue weighted by molar-refractivity contribution is 0.0484. The third-order valence-electron chi connectivity index (χ3n) is 5.48. The summed E-state index contributed by atoms with van der Waals surface area (Å²) in [4.78, 5) is 5.41. The third-order valence-corrected chi connectivity index (χ3v) is 5.48. The molecule has 22 heavy (non-hydrogen) atoms. The molecule has 0 N–H and O–H groups in total. The first-order chi connectivity index (χ1) is 10.9. The van der Waals surface area contributed by atoms with Gasteiger partial charge in [0.2, 0.25) is 0 Å². The number of rotatable bonds is 4. The van der Waals surface area contributed by atoms with Gasteiger partial charge in [0.1, 0.15) is 0 Å². The summed E-state index contributed by atoms with van der Waals surface area (Å²) < 4.78 is 2.41. The summed E-state index contributed by atoms with van der Waals surface area (Å²) in [6.45, 7) is 7.58. The van der Waals surface area contributed by atoms with Crippen LogP contribution in [0.15, 0.2) is 36.5 Å². The Morgan fingerprint density at radius 2 is 1.91 bits per heavy atom. The lowest BCUT2D eigenvalue weighted by Crippen LogP contribution is -2.54. The number of hydrogen-bond acceptors (Lipinski definition) is 2. The summed E-state index contributed by atoms with van der Waals surface area (Å²) in [6.07, 6.45) is 7.76. The zero-order valence-corrected chi connectivity index (χ0v) is 13.5. The summed E-state index contributed by atoms with van der Waals surface area (Å²) in [6, 6.07) is 11.8. The van der Waals surface area contributed by atoms with Gasteiger partial charge in [0, 0.05) is 43.9 Å². The van der Waals surface area contributed by atoms with Gasteiger partial charge in [-0.2, -0.15) is 0 Å². The maximum absolute atomic E-state index is 2.72. The minimum atomic E-state index is 0.843. The molecule has 3 heterocycles. The summed E-state index contributed by atoms with van der Waals surface area (Å²) in [7, 11) is 0. The zero-order chi connectivity index (χ0) is 14.8. The number of aryl methyl sites for hydroxylation is 1. The SMILES string of the molecule is c1ccc2c(c1)ccn2CCCN1CCN2CCCCC2C1. The minimum Gasteiger partial charge on any atom is -0.347 e. The lowest BCUT2D eigenvalue weighted by atomic mass is 9.99. The predicted molar refractivity (Wildman–Crippen MR) is 92.2 cm³/mol. The number of fused-ring (bicyclic) bond motifs is 2. The molecule has 0 bridgehead atoms. The molecule has 2 aromatic rings. The molecule has 4 rings (SSSR count). The van der Waals surface area contributed by atoms with Crippen molar-refractivity contribution in [3.05, 3.63) is 36.5 Å². The fourth-order valence-corrected chi connectivity index (χ4v) is 4.22. The van der Waals surface area contributed by atoms with E-state index in [9.17, 15) is 0 Å². The second-order valence-electron chi connectivity index (χ2n) is 6.91. The molecule has 118 valence electrons. The molecule has 0 saturated carbocycles. The number of hydrogen-bond donors (Lipinski definition) is 0. The van der Waals surface area contributed by atoms with E-state index in [4.69, 9.17) is 0 Å². The minimum absolute atomic E-state index is 0.843. The van der Waals surface area contributed by atoms with Gasteiger partial charge >= 0.3 is 0 Å². The van der Waals surface area contributed by atoms with Crippen LogP contribution in [0.2, 0.25) is 0 Å². The number of aromatic nitrogens is 1. The predicted octanol–water partition coefficient (Wildman–Crippen LogP) is 3.20. The molecule has 1 atom stereocenters. The van der Waals surface area contributed by atoms with E-state index in [0.29, 0.717) is 0 Å². The van der Waals surface area contributed by atoms with Crippen LogP contribution in [0.1, 0.15) is 25.7 Å². The van der Waals surface area contributed by atoms with Crippen molar-refractivity contribution in [1.82, 2.24) is 14.4 Å². The lowest BCUT2D eigenvalue weighted by Gasteiger charge is -2.44. The highest BCUT2D eigenvalue weighted by Crippen LogP contribution is 2.21.